The third-order valence-electron chi connectivity index (χ3n) is 3.44. The summed E-state index contributed by atoms with van der Waals surface area (Å²) in [5.41, 5.74) is 1.20. The summed E-state index contributed by atoms with van der Waals surface area (Å²) in [7, 11) is 0. The van der Waals surface area contributed by atoms with Crippen LogP contribution in [0, 0.1) is 11.3 Å². The topological polar surface area (TPSA) is 90.4 Å². The molecule has 19 heavy (non-hydrogen) atoms. The Balaban J connectivity index is 2.22. The van der Waals surface area contributed by atoms with Crippen molar-refractivity contribution in [3.8, 4) is 6.07 Å². The van der Waals surface area contributed by atoms with E-state index in [1.165, 1.54) is 6.07 Å². The van der Waals surface area contributed by atoms with E-state index in [0.717, 1.165) is 25.3 Å². The highest BCUT2D eigenvalue weighted by atomic mass is 16.4. The third kappa shape index (κ3) is 1.84. The lowest BCUT2D eigenvalue weighted by Crippen LogP contribution is -2.10. The quantitative estimate of drug-likeness (QED) is 0.835. The zero-order chi connectivity index (χ0) is 13.4. The number of aromatic carboxylic acids is 1. The van der Waals surface area contributed by atoms with Crippen LogP contribution in [0.25, 0.3) is 5.52 Å². The van der Waals surface area contributed by atoms with Crippen molar-refractivity contribution in [3.63, 3.8) is 0 Å². The number of fused-ring (bicyclic) bond motifs is 1. The van der Waals surface area contributed by atoms with Gasteiger partial charge >= 0.3 is 5.97 Å². The average Bonchev–Trinajstić information content (AvgIpc) is 3.04. The van der Waals surface area contributed by atoms with Crippen LogP contribution in [0.2, 0.25) is 0 Å². The second-order valence-corrected chi connectivity index (χ2v) is 4.60. The molecule has 1 unspecified atom stereocenters. The molecule has 0 amide bonds. The zero-order valence-electron chi connectivity index (χ0n) is 10.1. The summed E-state index contributed by atoms with van der Waals surface area (Å²) in [5, 5.41) is 21.4. The van der Waals surface area contributed by atoms with Crippen LogP contribution in [-0.2, 0) is 0 Å². The highest BCUT2D eigenvalue weighted by Gasteiger charge is 2.23. The number of rotatable bonds is 2. The van der Waals surface area contributed by atoms with Crippen LogP contribution in [0.5, 0.6) is 0 Å². The van der Waals surface area contributed by atoms with Crippen LogP contribution in [-0.4, -0.2) is 33.6 Å². The first-order chi connectivity index (χ1) is 9.20. The SMILES string of the molecule is N#Cc1nc(C2CCNC2)n2cc(C(=O)O)ccc12. The first-order valence-electron chi connectivity index (χ1n) is 6.07. The van der Waals surface area contributed by atoms with E-state index in [0.29, 0.717) is 11.2 Å². The third-order valence-corrected chi connectivity index (χ3v) is 3.44. The predicted molar refractivity (Wildman–Crippen MR) is 67.1 cm³/mol. The minimum absolute atomic E-state index is 0.196. The molecular formula is C13H12N4O2. The maximum atomic E-state index is 11.0. The van der Waals surface area contributed by atoms with Crippen LogP contribution >= 0.6 is 0 Å². The van der Waals surface area contributed by atoms with Gasteiger partial charge in [0.2, 0.25) is 0 Å². The van der Waals surface area contributed by atoms with E-state index in [9.17, 15) is 4.79 Å². The van der Waals surface area contributed by atoms with Gasteiger partial charge < -0.3 is 14.8 Å². The largest absolute Gasteiger partial charge is 0.478 e. The van der Waals surface area contributed by atoms with E-state index >= 15 is 0 Å². The molecule has 0 aliphatic carbocycles. The summed E-state index contributed by atoms with van der Waals surface area (Å²) in [6.07, 6.45) is 2.49. The molecule has 1 saturated heterocycles. The van der Waals surface area contributed by atoms with E-state index in [-0.39, 0.29) is 11.5 Å². The van der Waals surface area contributed by atoms with Crippen LogP contribution in [0.3, 0.4) is 0 Å². The lowest BCUT2D eigenvalue weighted by Gasteiger charge is -2.07. The number of nitrogens with one attached hydrogen (secondary N) is 1. The number of imidazole rings is 1. The van der Waals surface area contributed by atoms with Crippen LogP contribution in [0.1, 0.15) is 34.2 Å². The Hall–Kier alpha value is -2.39. The number of carbonyl (C=O) groups is 1. The number of pyridine rings is 1. The van der Waals surface area contributed by atoms with E-state index in [1.54, 1.807) is 16.7 Å². The van der Waals surface area contributed by atoms with E-state index < -0.39 is 5.97 Å². The number of nitrogens with zero attached hydrogens (tertiary/aromatic N) is 3. The summed E-state index contributed by atoms with van der Waals surface area (Å²) in [6, 6.07) is 5.20. The fraction of sp³-hybridized carbons (Fsp3) is 0.308. The first kappa shape index (κ1) is 11.7. The number of hydrogen-bond acceptors (Lipinski definition) is 4. The number of carboxylic acid groups (broad SMARTS) is 1. The molecule has 0 radical (unpaired) electrons. The Morgan fingerprint density at radius 2 is 2.42 bits per heavy atom. The maximum Gasteiger partial charge on any atom is 0.337 e. The molecule has 96 valence electrons. The molecule has 6 heteroatoms. The van der Waals surface area contributed by atoms with E-state index in [4.69, 9.17) is 10.4 Å². The molecule has 0 saturated carbocycles. The van der Waals surface area contributed by atoms with Crippen molar-refractivity contribution in [1.82, 2.24) is 14.7 Å². The minimum Gasteiger partial charge on any atom is -0.478 e. The number of aromatic nitrogens is 2. The maximum absolute atomic E-state index is 11.0. The molecule has 1 atom stereocenters. The molecule has 2 aromatic heterocycles. The molecule has 6 nitrogen and oxygen atoms in total. The van der Waals surface area contributed by atoms with Crippen LogP contribution < -0.4 is 5.32 Å². The molecule has 1 fully saturated rings. The molecule has 1 aliphatic rings. The van der Waals surface area contributed by atoms with Gasteiger partial charge in [-0.3, -0.25) is 0 Å². The molecule has 0 aromatic carbocycles. The number of nitriles is 1. The smallest absolute Gasteiger partial charge is 0.337 e. The van der Waals surface area contributed by atoms with Crippen molar-refractivity contribution >= 4 is 11.5 Å². The number of hydrogen-bond donors (Lipinski definition) is 2. The monoisotopic (exact) mass is 256 g/mol. The van der Waals surface area contributed by atoms with Gasteiger partial charge in [0, 0.05) is 18.7 Å². The Labute approximate surface area is 109 Å². The standard InChI is InChI=1S/C13H12N4O2/c14-5-10-11-2-1-9(13(18)19)7-17(11)12(16-10)8-3-4-15-6-8/h1-2,7-8,15H,3-4,6H2,(H,18,19). The van der Waals surface area contributed by atoms with Crippen molar-refractivity contribution in [3.05, 3.63) is 35.4 Å². The van der Waals surface area contributed by atoms with Gasteiger partial charge in [0.25, 0.3) is 0 Å². The average molecular weight is 256 g/mol. The minimum atomic E-state index is -0.982. The first-order valence-corrected chi connectivity index (χ1v) is 6.07. The van der Waals surface area contributed by atoms with Crippen molar-refractivity contribution in [2.45, 2.75) is 12.3 Å². The van der Waals surface area contributed by atoms with Crippen molar-refractivity contribution < 1.29 is 9.90 Å². The van der Waals surface area contributed by atoms with Crippen molar-refractivity contribution in [1.29, 1.82) is 5.26 Å². The Bertz CT molecular complexity index is 692. The van der Waals surface area contributed by atoms with Crippen molar-refractivity contribution in [2.75, 3.05) is 13.1 Å². The van der Waals surface area contributed by atoms with Crippen LogP contribution in [0.4, 0.5) is 0 Å². The molecule has 0 spiro atoms. The highest BCUT2D eigenvalue weighted by Crippen LogP contribution is 2.24. The predicted octanol–water partition coefficient (Wildman–Crippen LogP) is 0.981. The van der Waals surface area contributed by atoms with Gasteiger partial charge in [-0.25, -0.2) is 9.78 Å². The van der Waals surface area contributed by atoms with Crippen molar-refractivity contribution in [2.24, 2.45) is 0 Å². The molecule has 0 bridgehead atoms. The second-order valence-electron chi connectivity index (χ2n) is 4.60. The molecule has 3 rings (SSSR count). The summed E-state index contributed by atoms with van der Waals surface area (Å²) >= 11 is 0. The Morgan fingerprint density at radius 1 is 1.58 bits per heavy atom. The molecule has 2 aromatic rings. The van der Waals surface area contributed by atoms with Gasteiger partial charge in [-0.15, -0.1) is 0 Å². The van der Waals surface area contributed by atoms with Crippen LogP contribution in [0.15, 0.2) is 18.3 Å². The Kier molecular flexibility index (Phi) is 2.69. The Morgan fingerprint density at radius 3 is 3.05 bits per heavy atom. The second kappa shape index (κ2) is 4.37. The van der Waals surface area contributed by atoms with Gasteiger partial charge in [-0.2, -0.15) is 5.26 Å². The van der Waals surface area contributed by atoms with Gasteiger partial charge in [0.05, 0.1) is 11.1 Å². The normalized spacial score (nSPS) is 18.6. The number of carboxylic acids is 1. The molecule has 1 aliphatic heterocycles. The zero-order valence-corrected chi connectivity index (χ0v) is 10.1. The summed E-state index contributed by atoms with van der Waals surface area (Å²) in [6.45, 7) is 1.72. The fourth-order valence-corrected chi connectivity index (χ4v) is 2.48. The van der Waals surface area contributed by atoms with Gasteiger partial charge in [-0.1, -0.05) is 0 Å². The summed E-state index contributed by atoms with van der Waals surface area (Å²) < 4.78 is 1.74. The van der Waals surface area contributed by atoms with E-state index in [1.807, 2.05) is 0 Å². The van der Waals surface area contributed by atoms with Gasteiger partial charge in [0.15, 0.2) is 5.69 Å². The molecular weight excluding hydrogens is 244 g/mol. The highest BCUT2D eigenvalue weighted by molar-refractivity contribution is 5.88. The lowest BCUT2D eigenvalue weighted by atomic mass is 10.1. The molecule has 3 heterocycles. The molecule has 2 N–H and O–H groups in total. The van der Waals surface area contributed by atoms with E-state index in [2.05, 4.69) is 16.4 Å². The summed E-state index contributed by atoms with van der Waals surface area (Å²) in [4.78, 5) is 15.4. The lowest BCUT2D eigenvalue weighted by molar-refractivity contribution is 0.0696. The van der Waals surface area contributed by atoms with Gasteiger partial charge in [0.1, 0.15) is 11.9 Å². The summed E-state index contributed by atoms with van der Waals surface area (Å²) in [5.74, 6) is 0.00268. The van der Waals surface area contributed by atoms with Gasteiger partial charge in [-0.05, 0) is 25.1 Å². The fourth-order valence-electron chi connectivity index (χ4n) is 2.48.